The summed E-state index contributed by atoms with van der Waals surface area (Å²) in [5.74, 6) is 1.19. The fraction of sp³-hybridized carbons (Fsp3) is 0.471. The molecule has 2 nitrogen and oxygen atoms in total. The molecule has 0 radical (unpaired) electrons. The van der Waals surface area contributed by atoms with Crippen LogP contribution in [0.4, 0.5) is 5.82 Å². The fourth-order valence-corrected chi connectivity index (χ4v) is 3.74. The summed E-state index contributed by atoms with van der Waals surface area (Å²) in [5, 5.41) is 2.31. The number of rotatable bonds is 3. The van der Waals surface area contributed by atoms with E-state index in [1.165, 1.54) is 42.5 Å². The number of fused-ring (bicyclic) bond motifs is 1. The highest BCUT2D eigenvalue weighted by molar-refractivity contribution is 9.09. The molecule has 0 spiro atoms. The van der Waals surface area contributed by atoms with E-state index in [0.717, 1.165) is 17.4 Å². The standard InChI is InChI=1S/C17H21BrN2/c1-13-12-14-6-2-3-8-16(14)19-17(13)20-11-5-4-7-15(20)9-10-18/h2-3,6,8,12,15H,4-5,7,9-11H2,1H3. The second-order valence-electron chi connectivity index (χ2n) is 5.64. The van der Waals surface area contributed by atoms with Crippen molar-refractivity contribution in [2.45, 2.75) is 38.6 Å². The number of aryl methyl sites for hydroxylation is 1. The van der Waals surface area contributed by atoms with Crippen molar-refractivity contribution >= 4 is 32.7 Å². The second-order valence-corrected chi connectivity index (χ2v) is 6.44. The molecule has 1 saturated heterocycles. The first kappa shape index (κ1) is 13.9. The summed E-state index contributed by atoms with van der Waals surface area (Å²) in [6.45, 7) is 3.33. The molecule has 0 amide bonds. The molecule has 1 atom stereocenters. The molecule has 0 N–H and O–H groups in total. The van der Waals surface area contributed by atoms with Crippen molar-refractivity contribution in [3.8, 4) is 0 Å². The lowest BCUT2D eigenvalue weighted by Gasteiger charge is -2.37. The van der Waals surface area contributed by atoms with E-state index in [9.17, 15) is 0 Å². The summed E-state index contributed by atoms with van der Waals surface area (Å²) in [7, 11) is 0. The van der Waals surface area contributed by atoms with Gasteiger partial charge in [0.15, 0.2) is 0 Å². The molecular formula is C17H21BrN2. The Kier molecular flexibility index (Phi) is 4.25. The first-order valence-electron chi connectivity index (χ1n) is 7.48. The number of hydrogen-bond donors (Lipinski definition) is 0. The minimum atomic E-state index is 0.635. The summed E-state index contributed by atoms with van der Waals surface area (Å²) in [4.78, 5) is 7.48. The van der Waals surface area contributed by atoms with Crippen LogP contribution in [-0.4, -0.2) is 22.9 Å². The van der Waals surface area contributed by atoms with Gasteiger partial charge in [-0.2, -0.15) is 0 Å². The number of alkyl halides is 1. The lowest BCUT2D eigenvalue weighted by molar-refractivity contribution is 0.449. The van der Waals surface area contributed by atoms with Crippen LogP contribution in [0.2, 0.25) is 0 Å². The largest absolute Gasteiger partial charge is 0.353 e. The highest BCUT2D eigenvalue weighted by atomic mass is 79.9. The molecule has 1 fully saturated rings. The van der Waals surface area contributed by atoms with Crippen molar-refractivity contribution < 1.29 is 0 Å². The molecule has 0 saturated carbocycles. The molecule has 2 aromatic rings. The molecule has 20 heavy (non-hydrogen) atoms. The van der Waals surface area contributed by atoms with Gasteiger partial charge in [0.25, 0.3) is 0 Å². The van der Waals surface area contributed by atoms with Crippen molar-refractivity contribution in [1.82, 2.24) is 4.98 Å². The van der Waals surface area contributed by atoms with Gasteiger partial charge in [-0.25, -0.2) is 4.98 Å². The molecule has 1 aromatic heterocycles. The number of nitrogens with zero attached hydrogens (tertiary/aromatic N) is 2. The monoisotopic (exact) mass is 332 g/mol. The Morgan fingerprint density at radius 3 is 3.00 bits per heavy atom. The predicted octanol–water partition coefficient (Wildman–Crippen LogP) is 4.69. The SMILES string of the molecule is Cc1cc2ccccc2nc1N1CCCCC1CCBr. The molecule has 3 heteroatoms. The van der Waals surface area contributed by atoms with Crippen LogP contribution in [0.25, 0.3) is 10.9 Å². The number of halogens is 1. The summed E-state index contributed by atoms with van der Waals surface area (Å²) < 4.78 is 0. The van der Waals surface area contributed by atoms with Gasteiger partial charge in [-0.15, -0.1) is 0 Å². The first-order valence-corrected chi connectivity index (χ1v) is 8.61. The number of anilines is 1. The van der Waals surface area contributed by atoms with E-state index in [-0.39, 0.29) is 0 Å². The zero-order chi connectivity index (χ0) is 13.9. The molecule has 0 aliphatic carbocycles. The Balaban J connectivity index is 2.00. The summed E-state index contributed by atoms with van der Waals surface area (Å²) in [6.07, 6.45) is 5.13. The van der Waals surface area contributed by atoms with E-state index in [2.05, 4.69) is 58.1 Å². The average molecular weight is 333 g/mol. The Morgan fingerprint density at radius 1 is 1.30 bits per heavy atom. The van der Waals surface area contributed by atoms with Crippen molar-refractivity contribution in [2.75, 3.05) is 16.8 Å². The Morgan fingerprint density at radius 2 is 2.15 bits per heavy atom. The second kappa shape index (κ2) is 6.13. The maximum Gasteiger partial charge on any atom is 0.132 e. The lowest BCUT2D eigenvalue weighted by Crippen LogP contribution is -2.40. The van der Waals surface area contributed by atoms with Crippen molar-refractivity contribution in [3.63, 3.8) is 0 Å². The number of para-hydroxylation sites is 1. The van der Waals surface area contributed by atoms with Crippen molar-refractivity contribution in [2.24, 2.45) is 0 Å². The Hall–Kier alpha value is -1.09. The quantitative estimate of drug-likeness (QED) is 0.758. The minimum absolute atomic E-state index is 0.635. The molecular weight excluding hydrogens is 312 g/mol. The molecule has 1 unspecified atom stereocenters. The maximum absolute atomic E-state index is 4.94. The van der Waals surface area contributed by atoms with Gasteiger partial charge in [-0.1, -0.05) is 34.1 Å². The normalized spacial score (nSPS) is 19.5. The van der Waals surface area contributed by atoms with E-state index in [1.807, 2.05) is 0 Å². The first-order chi connectivity index (χ1) is 9.79. The molecule has 1 aliphatic heterocycles. The zero-order valence-corrected chi connectivity index (χ0v) is 13.6. The molecule has 1 aromatic carbocycles. The molecule has 3 rings (SSSR count). The van der Waals surface area contributed by atoms with Gasteiger partial charge >= 0.3 is 0 Å². The van der Waals surface area contributed by atoms with Crippen molar-refractivity contribution in [3.05, 3.63) is 35.9 Å². The predicted molar refractivity (Wildman–Crippen MR) is 89.9 cm³/mol. The number of benzene rings is 1. The van der Waals surface area contributed by atoms with Crippen LogP contribution >= 0.6 is 15.9 Å². The maximum atomic E-state index is 4.94. The van der Waals surface area contributed by atoms with Crippen molar-refractivity contribution in [1.29, 1.82) is 0 Å². The smallest absolute Gasteiger partial charge is 0.132 e. The van der Waals surface area contributed by atoms with E-state index in [0.29, 0.717) is 6.04 Å². The third-order valence-corrected chi connectivity index (χ3v) is 4.69. The minimum Gasteiger partial charge on any atom is -0.353 e. The van der Waals surface area contributed by atoms with E-state index in [1.54, 1.807) is 0 Å². The van der Waals surface area contributed by atoms with Crippen LogP contribution in [0.5, 0.6) is 0 Å². The number of hydrogen-bond acceptors (Lipinski definition) is 2. The van der Waals surface area contributed by atoms with Crippen LogP contribution in [0.3, 0.4) is 0 Å². The highest BCUT2D eigenvalue weighted by Crippen LogP contribution is 2.30. The Labute approximate surface area is 129 Å². The third-order valence-electron chi connectivity index (χ3n) is 4.23. The van der Waals surface area contributed by atoms with Crippen LogP contribution in [0, 0.1) is 6.92 Å². The van der Waals surface area contributed by atoms with Gasteiger partial charge < -0.3 is 4.90 Å². The van der Waals surface area contributed by atoms with Gasteiger partial charge in [-0.3, -0.25) is 0 Å². The number of pyridine rings is 1. The highest BCUT2D eigenvalue weighted by Gasteiger charge is 2.24. The molecule has 2 heterocycles. The molecule has 1 aliphatic rings. The van der Waals surface area contributed by atoms with Crippen LogP contribution in [-0.2, 0) is 0 Å². The van der Waals surface area contributed by atoms with Gasteiger partial charge in [0, 0.05) is 23.3 Å². The zero-order valence-electron chi connectivity index (χ0n) is 12.0. The average Bonchev–Trinajstić information content (AvgIpc) is 2.48. The fourth-order valence-electron chi connectivity index (χ4n) is 3.21. The van der Waals surface area contributed by atoms with Crippen LogP contribution < -0.4 is 4.90 Å². The van der Waals surface area contributed by atoms with E-state index < -0.39 is 0 Å². The van der Waals surface area contributed by atoms with Gasteiger partial charge in [0.2, 0.25) is 0 Å². The topological polar surface area (TPSA) is 16.1 Å². The summed E-state index contributed by atoms with van der Waals surface area (Å²) >= 11 is 3.60. The van der Waals surface area contributed by atoms with E-state index in [4.69, 9.17) is 4.98 Å². The number of piperidine rings is 1. The lowest BCUT2D eigenvalue weighted by atomic mass is 9.99. The van der Waals surface area contributed by atoms with Crippen LogP contribution in [0.15, 0.2) is 30.3 Å². The van der Waals surface area contributed by atoms with Gasteiger partial charge in [0.1, 0.15) is 5.82 Å². The van der Waals surface area contributed by atoms with E-state index >= 15 is 0 Å². The summed E-state index contributed by atoms with van der Waals surface area (Å²) in [5.41, 5.74) is 2.40. The number of aromatic nitrogens is 1. The van der Waals surface area contributed by atoms with Gasteiger partial charge in [-0.05, 0) is 50.3 Å². The Bertz CT molecular complexity index is 595. The molecule has 0 bridgehead atoms. The summed E-state index contributed by atoms with van der Waals surface area (Å²) in [6, 6.07) is 11.3. The van der Waals surface area contributed by atoms with Crippen LogP contribution in [0.1, 0.15) is 31.2 Å². The van der Waals surface area contributed by atoms with Gasteiger partial charge in [0.05, 0.1) is 5.52 Å². The third kappa shape index (κ3) is 2.69. The molecule has 106 valence electrons.